The van der Waals surface area contributed by atoms with Gasteiger partial charge in [0.2, 0.25) is 0 Å². The van der Waals surface area contributed by atoms with E-state index >= 15 is 0 Å². The Hall–Kier alpha value is -1.65. The fourth-order valence-electron chi connectivity index (χ4n) is 8.93. The summed E-state index contributed by atoms with van der Waals surface area (Å²) in [6, 6.07) is 7.38. The molecule has 1 aromatic carbocycles. The second-order valence-electron chi connectivity index (χ2n) is 13.7. The Bertz CT molecular complexity index is 1070. The van der Waals surface area contributed by atoms with Crippen molar-refractivity contribution in [2.24, 2.45) is 11.3 Å². The van der Waals surface area contributed by atoms with Crippen LogP contribution in [0.5, 0.6) is 0 Å². The van der Waals surface area contributed by atoms with E-state index in [4.69, 9.17) is 4.74 Å². The third-order valence-corrected chi connectivity index (χ3v) is 11.0. The summed E-state index contributed by atoms with van der Waals surface area (Å²) >= 11 is 0. The first-order valence-electron chi connectivity index (χ1n) is 15.3. The van der Waals surface area contributed by atoms with E-state index in [1.165, 1.54) is 49.7 Å². The van der Waals surface area contributed by atoms with Crippen molar-refractivity contribution in [3.63, 3.8) is 0 Å². The highest BCUT2D eigenvalue weighted by atomic mass is 16.5. The first-order chi connectivity index (χ1) is 17.8. The van der Waals surface area contributed by atoms with Gasteiger partial charge in [-0.25, -0.2) is 0 Å². The molecule has 1 saturated carbocycles. The van der Waals surface area contributed by atoms with Gasteiger partial charge in [0.25, 0.3) is 5.91 Å². The van der Waals surface area contributed by atoms with Crippen molar-refractivity contribution in [2.45, 2.75) is 122 Å². The zero-order valence-electron chi connectivity index (χ0n) is 23.7. The number of aryl methyl sites for hydroxylation is 1. The van der Waals surface area contributed by atoms with Crippen LogP contribution in [0.1, 0.15) is 115 Å². The zero-order chi connectivity index (χ0) is 25.8. The SMILES string of the molecule is CC(C)c1ccc2c(c1)CC[C@@H]1[C@](C)(CN[C@@H]3C4=C(CCCC4)C(=O)N3C[C@H]3CCCO3)CCC[C@]21C. The lowest BCUT2D eigenvalue weighted by Gasteiger charge is -2.56. The smallest absolute Gasteiger partial charge is 0.251 e. The Morgan fingerprint density at radius 1 is 1.05 bits per heavy atom. The minimum absolute atomic E-state index is 0.0708. The maximum absolute atomic E-state index is 13.5. The van der Waals surface area contributed by atoms with Gasteiger partial charge in [-0.05, 0) is 109 Å². The van der Waals surface area contributed by atoms with Gasteiger partial charge < -0.3 is 9.64 Å². The molecule has 2 fully saturated rings. The zero-order valence-corrected chi connectivity index (χ0v) is 23.7. The van der Waals surface area contributed by atoms with Crippen molar-refractivity contribution in [3.8, 4) is 0 Å². The molecule has 0 bridgehead atoms. The number of fused-ring (bicyclic) bond motifs is 3. The van der Waals surface area contributed by atoms with Gasteiger partial charge in [-0.2, -0.15) is 0 Å². The molecule has 4 nitrogen and oxygen atoms in total. The van der Waals surface area contributed by atoms with Crippen molar-refractivity contribution in [1.82, 2.24) is 10.2 Å². The summed E-state index contributed by atoms with van der Waals surface area (Å²) in [5.41, 5.74) is 7.69. The molecule has 5 atom stereocenters. The number of ether oxygens (including phenoxy) is 1. The average molecular weight is 505 g/mol. The summed E-state index contributed by atoms with van der Waals surface area (Å²) in [6.07, 6.45) is 13.2. The van der Waals surface area contributed by atoms with Gasteiger partial charge in [-0.15, -0.1) is 0 Å². The normalized spacial score (nSPS) is 35.6. The summed E-state index contributed by atoms with van der Waals surface area (Å²) in [5, 5.41) is 4.04. The summed E-state index contributed by atoms with van der Waals surface area (Å²) < 4.78 is 5.98. The van der Waals surface area contributed by atoms with E-state index in [0.717, 1.165) is 57.4 Å². The van der Waals surface area contributed by atoms with Crippen molar-refractivity contribution in [2.75, 3.05) is 19.7 Å². The van der Waals surface area contributed by atoms with E-state index in [1.54, 1.807) is 11.1 Å². The number of hydrogen-bond acceptors (Lipinski definition) is 3. The second-order valence-corrected chi connectivity index (χ2v) is 13.7. The van der Waals surface area contributed by atoms with Crippen LogP contribution in [0.3, 0.4) is 0 Å². The van der Waals surface area contributed by atoms with E-state index in [-0.39, 0.29) is 29.0 Å². The van der Waals surface area contributed by atoms with Gasteiger partial charge in [0.1, 0.15) is 6.17 Å². The highest BCUT2D eigenvalue weighted by Gasteiger charge is 2.52. The molecule has 0 radical (unpaired) electrons. The van der Waals surface area contributed by atoms with E-state index < -0.39 is 0 Å². The third-order valence-electron chi connectivity index (χ3n) is 11.0. The lowest BCUT2D eigenvalue weighted by Crippen LogP contribution is -2.56. The van der Waals surface area contributed by atoms with E-state index in [2.05, 4.69) is 56.1 Å². The number of hydrogen-bond donors (Lipinski definition) is 1. The standard InChI is InChI=1S/C33H48N2O2/c1-22(2)23-12-14-28-24(19-23)13-15-29-32(3,16-8-17-33(28,29)4)21-34-30-26-10-5-6-11-27(26)31(36)35(30)20-25-9-7-18-37-25/h12,14,19,22,25,29-30,34H,5-11,13,15-18,20-21H2,1-4H3/t25-,29-,30+,32+,33-/m1/s1. The van der Waals surface area contributed by atoms with Crippen LogP contribution < -0.4 is 5.32 Å². The monoisotopic (exact) mass is 504 g/mol. The molecule has 5 aliphatic rings. The topological polar surface area (TPSA) is 41.6 Å². The van der Waals surface area contributed by atoms with Gasteiger partial charge in [-0.3, -0.25) is 10.1 Å². The first-order valence-corrected chi connectivity index (χ1v) is 15.3. The summed E-state index contributed by atoms with van der Waals surface area (Å²) in [7, 11) is 0. The van der Waals surface area contributed by atoms with E-state index in [9.17, 15) is 4.79 Å². The molecule has 1 aromatic rings. The van der Waals surface area contributed by atoms with Gasteiger partial charge in [0.05, 0.1) is 6.10 Å². The Morgan fingerprint density at radius 3 is 2.68 bits per heavy atom. The van der Waals surface area contributed by atoms with Crippen LogP contribution >= 0.6 is 0 Å². The van der Waals surface area contributed by atoms with Crippen molar-refractivity contribution >= 4 is 5.91 Å². The van der Waals surface area contributed by atoms with Crippen molar-refractivity contribution in [1.29, 1.82) is 0 Å². The fourth-order valence-corrected chi connectivity index (χ4v) is 8.93. The summed E-state index contributed by atoms with van der Waals surface area (Å²) in [4.78, 5) is 15.7. The molecule has 0 unspecified atom stereocenters. The molecule has 4 heteroatoms. The third kappa shape index (κ3) is 4.40. The number of carbonyl (C=O) groups excluding carboxylic acids is 1. The molecular formula is C33H48N2O2. The molecular weight excluding hydrogens is 456 g/mol. The molecule has 37 heavy (non-hydrogen) atoms. The van der Waals surface area contributed by atoms with Gasteiger partial charge >= 0.3 is 0 Å². The number of nitrogens with one attached hydrogen (secondary N) is 1. The second kappa shape index (κ2) is 9.83. The number of rotatable bonds is 6. The van der Waals surface area contributed by atoms with E-state index in [0.29, 0.717) is 11.8 Å². The van der Waals surface area contributed by atoms with Crippen LogP contribution in [0.4, 0.5) is 0 Å². The number of carbonyl (C=O) groups is 1. The van der Waals surface area contributed by atoms with Crippen LogP contribution in [0.25, 0.3) is 0 Å². The van der Waals surface area contributed by atoms with Crippen LogP contribution in [0.15, 0.2) is 29.3 Å². The molecule has 2 heterocycles. The lowest BCUT2D eigenvalue weighted by molar-refractivity contribution is -0.129. The van der Waals surface area contributed by atoms with Crippen LogP contribution in [-0.2, 0) is 21.4 Å². The maximum atomic E-state index is 13.5. The average Bonchev–Trinajstić information content (AvgIpc) is 3.49. The molecule has 3 aliphatic carbocycles. The molecule has 202 valence electrons. The van der Waals surface area contributed by atoms with Gasteiger partial charge in [0, 0.05) is 25.3 Å². The fraction of sp³-hybridized carbons (Fsp3) is 0.727. The Labute approximate surface area is 224 Å². The highest BCUT2D eigenvalue weighted by molar-refractivity contribution is 5.97. The Balaban J connectivity index is 1.24. The molecule has 1 amide bonds. The first kappa shape index (κ1) is 25.6. The lowest BCUT2D eigenvalue weighted by atomic mass is 9.49. The minimum atomic E-state index is 0.0708. The van der Waals surface area contributed by atoms with Crippen LogP contribution in [-0.4, -0.2) is 42.8 Å². The van der Waals surface area contributed by atoms with Crippen LogP contribution in [0.2, 0.25) is 0 Å². The largest absolute Gasteiger partial charge is 0.376 e. The summed E-state index contributed by atoms with van der Waals surface area (Å²) in [5.74, 6) is 1.54. The van der Waals surface area contributed by atoms with Crippen molar-refractivity contribution in [3.05, 3.63) is 46.0 Å². The van der Waals surface area contributed by atoms with Crippen LogP contribution in [0, 0.1) is 11.3 Å². The predicted octanol–water partition coefficient (Wildman–Crippen LogP) is 6.63. The Morgan fingerprint density at radius 2 is 1.89 bits per heavy atom. The quantitative estimate of drug-likeness (QED) is 0.473. The number of benzene rings is 1. The minimum Gasteiger partial charge on any atom is -0.376 e. The highest BCUT2D eigenvalue weighted by Crippen LogP contribution is 2.57. The molecule has 0 aromatic heterocycles. The maximum Gasteiger partial charge on any atom is 0.251 e. The number of amides is 1. The summed E-state index contributed by atoms with van der Waals surface area (Å²) in [6.45, 7) is 12.3. The van der Waals surface area contributed by atoms with Gasteiger partial charge in [-0.1, -0.05) is 52.3 Å². The molecule has 6 rings (SSSR count). The molecule has 0 spiro atoms. The van der Waals surface area contributed by atoms with Gasteiger partial charge in [0.15, 0.2) is 0 Å². The van der Waals surface area contributed by atoms with E-state index in [1.807, 2.05) is 0 Å². The number of nitrogens with zero attached hydrogens (tertiary/aromatic N) is 1. The molecule has 1 saturated heterocycles. The molecule has 1 N–H and O–H groups in total. The predicted molar refractivity (Wildman–Crippen MR) is 150 cm³/mol. The van der Waals surface area contributed by atoms with Crippen molar-refractivity contribution < 1.29 is 9.53 Å². The molecule has 2 aliphatic heterocycles. The Kier molecular flexibility index (Phi) is 6.80.